The summed E-state index contributed by atoms with van der Waals surface area (Å²) in [5.74, 6) is 5.19. The molecule has 2 heterocycles. The van der Waals surface area contributed by atoms with Crippen LogP contribution in [0.15, 0.2) is 23.8 Å². The third-order valence-electron chi connectivity index (χ3n) is 2.06. The van der Waals surface area contributed by atoms with E-state index in [1.165, 1.54) is 23.0 Å². The first kappa shape index (κ1) is 13.1. The number of carbonyl (C=O) groups is 1. The summed E-state index contributed by atoms with van der Waals surface area (Å²) in [5.41, 5.74) is 2.26. The molecule has 7 heteroatoms. The van der Waals surface area contributed by atoms with Crippen molar-refractivity contribution in [2.75, 3.05) is 11.9 Å². The molecule has 0 aromatic carbocycles. The van der Waals surface area contributed by atoms with E-state index >= 15 is 0 Å². The predicted octanol–water partition coefficient (Wildman–Crippen LogP) is 0.919. The molecule has 0 saturated heterocycles. The van der Waals surface area contributed by atoms with E-state index in [1.54, 1.807) is 12.1 Å². The van der Waals surface area contributed by atoms with Gasteiger partial charge in [0.05, 0.1) is 12.2 Å². The normalized spacial score (nSPS) is 9.53. The molecule has 0 aliphatic heterocycles. The number of nitrogens with one attached hydrogen (secondary N) is 1. The predicted molar refractivity (Wildman–Crippen MR) is 70.7 cm³/mol. The van der Waals surface area contributed by atoms with Crippen molar-refractivity contribution >= 4 is 22.4 Å². The van der Waals surface area contributed by atoms with Crippen molar-refractivity contribution in [2.45, 2.75) is 6.42 Å². The molecule has 2 rings (SSSR count). The number of hydrogen-bond acceptors (Lipinski definition) is 6. The minimum atomic E-state index is -0.384. The average molecular weight is 274 g/mol. The van der Waals surface area contributed by atoms with Crippen molar-refractivity contribution in [3.05, 3.63) is 35.1 Å². The summed E-state index contributed by atoms with van der Waals surface area (Å²) < 4.78 is 0. The molecule has 0 bridgehead atoms. The Kier molecular flexibility index (Phi) is 4.55. The molecule has 0 unspecified atom stereocenters. The van der Waals surface area contributed by atoms with Gasteiger partial charge < -0.3 is 5.11 Å². The molecule has 2 aromatic heterocycles. The molecule has 0 spiro atoms. The topological polar surface area (TPSA) is 88.0 Å². The Hall–Kier alpha value is -2.30. The first-order chi connectivity index (χ1) is 9.31. The lowest BCUT2D eigenvalue weighted by atomic mass is 10.2. The Morgan fingerprint density at radius 3 is 3.16 bits per heavy atom. The third-order valence-corrected chi connectivity index (χ3v) is 2.67. The number of hydrogen-bond donors (Lipinski definition) is 2. The summed E-state index contributed by atoms with van der Waals surface area (Å²) in [6, 6.07) is 3.40. The van der Waals surface area contributed by atoms with E-state index in [4.69, 9.17) is 5.11 Å². The molecule has 0 radical (unpaired) electrons. The van der Waals surface area contributed by atoms with Crippen LogP contribution < -0.4 is 5.32 Å². The summed E-state index contributed by atoms with van der Waals surface area (Å²) in [6.45, 7) is -0.0143. The van der Waals surface area contributed by atoms with Crippen molar-refractivity contribution in [2.24, 2.45) is 0 Å². The van der Waals surface area contributed by atoms with Crippen LogP contribution in [0.3, 0.4) is 0 Å². The zero-order chi connectivity index (χ0) is 13.5. The Morgan fingerprint density at radius 1 is 1.53 bits per heavy atom. The lowest BCUT2D eigenvalue weighted by Crippen LogP contribution is -2.15. The number of carbonyl (C=O) groups excluding carboxylic acids is 1. The van der Waals surface area contributed by atoms with Crippen molar-refractivity contribution in [1.82, 2.24) is 15.2 Å². The van der Waals surface area contributed by atoms with E-state index in [9.17, 15) is 4.79 Å². The summed E-state index contributed by atoms with van der Waals surface area (Å²) in [6.07, 6.45) is 1.87. The highest BCUT2D eigenvalue weighted by Crippen LogP contribution is 2.11. The number of amides is 1. The van der Waals surface area contributed by atoms with Crippen LogP contribution in [0.5, 0.6) is 0 Å². The van der Waals surface area contributed by atoms with Crippen LogP contribution in [0.2, 0.25) is 0 Å². The second-order valence-electron chi connectivity index (χ2n) is 3.37. The average Bonchev–Trinajstić information content (AvgIpc) is 2.92. The highest BCUT2D eigenvalue weighted by molar-refractivity contribution is 7.13. The maximum absolute atomic E-state index is 12.0. The number of rotatable bonds is 3. The lowest BCUT2D eigenvalue weighted by Gasteiger charge is -2.02. The fourth-order valence-electron chi connectivity index (χ4n) is 1.28. The molecule has 0 saturated carbocycles. The minimum Gasteiger partial charge on any atom is -0.395 e. The fraction of sp³-hybridized carbons (Fsp3) is 0.167. The SMILES string of the molecule is O=C(Nc1nncs1)c1ncccc1C#CCCO. The Morgan fingerprint density at radius 2 is 2.42 bits per heavy atom. The quantitative estimate of drug-likeness (QED) is 0.813. The van der Waals surface area contributed by atoms with Crippen LogP contribution in [0, 0.1) is 11.8 Å². The Bertz CT molecular complexity index is 616. The monoisotopic (exact) mass is 274 g/mol. The first-order valence-corrected chi connectivity index (χ1v) is 6.31. The molecular formula is C12H10N4O2S. The number of anilines is 1. The smallest absolute Gasteiger partial charge is 0.277 e. The number of aliphatic hydroxyl groups excluding tert-OH is 1. The van der Waals surface area contributed by atoms with Gasteiger partial charge in [-0.05, 0) is 12.1 Å². The highest BCUT2D eigenvalue weighted by atomic mass is 32.1. The zero-order valence-corrected chi connectivity index (χ0v) is 10.6. The minimum absolute atomic E-state index is 0.0143. The summed E-state index contributed by atoms with van der Waals surface area (Å²) in [4.78, 5) is 16.0. The molecule has 0 atom stereocenters. The largest absolute Gasteiger partial charge is 0.395 e. The third kappa shape index (κ3) is 3.58. The number of aromatic nitrogens is 3. The lowest BCUT2D eigenvalue weighted by molar-refractivity contribution is 0.102. The molecular weight excluding hydrogens is 264 g/mol. The van der Waals surface area contributed by atoms with Gasteiger partial charge in [0, 0.05) is 12.6 Å². The summed E-state index contributed by atoms with van der Waals surface area (Å²) in [7, 11) is 0. The molecule has 96 valence electrons. The van der Waals surface area contributed by atoms with E-state index in [-0.39, 0.29) is 18.2 Å². The van der Waals surface area contributed by atoms with Crippen molar-refractivity contribution in [1.29, 1.82) is 0 Å². The van der Waals surface area contributed by atoms with E-state index in [0.29, 0.717) is 17.1 Å². The zero-order valence-electron chi connectivity index (χ0n) is 9.83. The standard InChI is InChI=1S/C12H10N4O2S/c17-7-2-1-4-9-5-3-6-13-10(9)11(18)15-12-16-14-8-19-12/h3,5-6,8,17H,2,7H2,(H,15,16,18). The van der Waals surface area contributed by atoms with Crippen molar-refractivity contribution < 1.29 is 9.90 Å². The Labute approximate surface area is 113 Å². The fourth-order valence-corrected chi connectivity index (χ4v) is 1.72. The van der Waals surface area contributed by atoms with Gasteiger partial charge in [-0.2, -0.15) is 0 Å². The summed E-state index contributed by atoms with van der Waals surface area (Å²) >= 11 is 1.22. The molecule has 0 aliphatic rings. The van der Waals surface area contributed by atoms with Crippen LogP contribution in [0.25, 0.3) is 0 Å². The Balaban J connectivity index is 2.20. The molecule has 0 fully saturated rings. The van der Waals surface area contributed by atoms with Gasteiger partial charge in [0.15, 0.2) is 0 Å². The maximum Gasteiger partial charge on any atom is 0.277 e. The van der Waals surface area contributed by atoms with Crippen LogP contribution in [-0.4, -0.2) is 32.8 Å². The van der Waals surface area contributed by atoms with Crippen LogP contribution >= 0.6 is 11.3 Å². The molecule has 6 nitrogen and oxygen atoms in total. The molecule has 19 heavy (non-hydrogen) atoms. The van der Waals surface area contributed by atoms with Gasteiger partial charge in [-0.15, -0.1) is 10.2 Å². The molecule has 2 aromatic rings. The second-order valence-corrected chi connectivity index (χ2v) is 4.21. The first-order valence-electron chi connectivity index (χ1n) is 5.43. The van der Waals surface area contributed by atoms with E-state index in [0.717, 1.165) is 0 Å². The molecule has 2 N–H and O–H groups in total. The van der Waals surface area contributed by atoms with Crippen molar-refractivity contribution in [3.63, 3.8) is 0 Å². The summed E-state index contributed by atoms with van der Waals surface area (Å²) in [5, 5.41) is 19.0. The van der Waals surface area contributed by atoms with Gasteiger partial charge in [-0.25, -0.2) is 4.98 Å². The van der Waals surface area contributed by atoms with Gasteiger partial charge >= 0.3 is 0 Å². The van der Waals surface area contributed by atoms with Gasteiger partial charge in [0.25, 0.3) is 5.91 Å². The van der Waals surface area contributed by atoms with Crippen LogP contribution in [-0.2, 0) is 0 Å². The number of nitrogens with zero attached hydrogens (tertiary/aromatic N) is 3. The van der Waals surface area contributed by atoms with Gasteiger partial charge in [-0.1, -0.05) is 23.2 Å². The van der Waals surface area contributed by atoms with E-state index in [1.807, 2.05) is 0 Å². The van der Waals surface area contributed by atoms with Gasteiger partial charge in [-0.3, -0.25) is 10.1 Å². The molecule has 0 aliphatic carbocycles. The maximum atomic E-state index is 12.0. The van der Waals surface area contributed by atoms with Gasteiger partial charge in [0.1, 0.15) is 11.2 Å². The van der Waals surface area contributed by atoms with Crippen molar-refractivity contribution in [3.8, 4) is 11.8 Å². The second kappa shape index (κ2) is 6.58. The van der Waals surface area contributed by atoms with Crippen LogP contribution in [0.4, 0.5) is 5.13 Å². The number of aliphatic hydroxyl groups is 1. The van der Waals surface area contributed by atoms with E-state index < -0.39 is 0 Å². The van der Waals surface area contributed by atoms with Crippen LogP contribution in [0.1, 0.15) is 22.5 Å². The van der Waals surface area contributed by atoms with E-state index in [2.05, 4.69) is 32.3 Å². The highest BCUT2D eigenvalue weighted by Gasteiger charge is 2.12. The number of pyridine rings is 1. The molecule has 1 amide bonds. The van der Waals surface area contributed by atoms with Gasteiger partial charge in [0.2, 0.25) is 5.13 Å².